The molecule has 1 rings (SSSR count). The molecule has 0 spiro atoms. The Balaban J connectivity index is 2.63. The van der Waals surface area contributed by atoms with Crippen molar-refractivity contribution in [1.82, 2.24) is 8.75 Å². The highest BCUT2D eigenvalue weighted by Gasteiger charge is 2.06. The van der Waals surface area contributed by atoms with Gasteiger partial charge in [0.1, 0.15) is 6.07 Å². The van der Waals surface area contributed by atoms with Crippen LogP contribution in [0.1, 0.15) is 19.0 Å². The maximum Gasteiger partial charge on any atom is 0.264 e. The van der Waals surface area contributed by atoms with Crippen molar-refractivity contribution in [1.29, 1.82) is 5.26 Å². The average Bonchev–Trinajstić information content (AvgIpc) is 2.47. The maximum absolute atomic E-state index is 8.48. The Morgan fingerprint density at radius 2 is 2.45 bits per heavy atom. The van der Waals surface area contributed by atoms with Crippen LogP contribution in [0.3, 0.4) is 0 Å². The second-order valence-corrected chi connectivity index (χ2v) is 2.41. The first-order valence-corrected chi connectivity index (χ1v) is 3.97. The first-order chi connectivity index (χ1) is 5.38. The molecule has 0 amide bonds. The minimum Gasteiger partial charge on any atom is -0.475 e. The van der Waals surface area contributed by atoms with Crippen LogP contribution in [0, 0.1) is 11.3 Å². The lowest BCUT2D eigenvalue weighted by molar-refractivity contribution is 0.307. The molecule has 1 aromatic rings. The van der Waals surface area contributed by atoms with Gasteiger partial charge in [0.25, 0.3) is 5.88 Å². The largest absolute Gasteiger partial charge is 0.475 e. The molecular weight excluding hydrogens is 162 g/mol. The zero-order valence-corrected chi connectivity index (χ0v) is 6.89. The van der Waals surface area contributed by atoms with Crippen LogP contribution < -0.4 is 4.74 Å². The monoisotopic (exact) mass is 169 g/mol. The standard InChI is InChI=1S/C6H7N3OS/c1-2-3-10-6-5(4-7)8-11-9-6/h2-3H2,1H3. The Labute approximate surface area is 68.8 Å². The second kappa shape index (κ2) is 3.88. The van der Waals surface area contributed by atoms with Gasteiger partial charge in [-0.3, -0.25) is 0 Å². The molecule has 0 unspecified atom stereocenters. The van der Waals surface area contributed by atoms with Gasteiger partial charge < -0.3 is 4.74 Å². The quantitative estimate of drug-likeness (QED) is 0.682. The van der Waals surface area contributed by atoms with Gasteiger partial charge in [-0.25, -0.2) is 0 Å². The first-order valence-electron chi connectivity index (χ1n) is 3.24. The summed E-state index contributed by atoms with van der Waals surface area (Å²) >= 11 is 0.994. The van der Waals surface area contributed by atoms with Crippen molar-refractivity contribution in [2.75, 3.05) is 6.61 Å². The fourth-order valence-corrected chi connectivity index (χ4v) is 0.997. The molecule has 5 heteroatoms. The molecule has 1 aromatic heterocycles. The molecule has 1 heterocycles. The fraction of sp³-hybridized carbons (Fsp3) is 0.500. The van der Waals surface area contributed by atoms with E-state index in [4.69, 9.17) is 10.00 Å². The molecule has 58 valence electrons. The van der Waals surface area contributed by atoms with Crippen LogP contribution >= 0.6 is 11.7 Å². The molecule has 0 aliphatic rings. The zero-order valence-electron chi connectivity index (χ0n) is 6.07. The number of rotatable bonds is 3. The Kier molecular flexibility index (Phi) is 2.81. The Hall–Kier alpha value is -1.15. The predicted octanol–water partition coefficient (Wildman–Crippen LogP) is 1.20. The average molecular weight is 169 g/mol. The number of nitrogens with zero attached hydrogens (tertiary/aromatic N) is 3. The van der Waals surface area contributed by atoms with Crippen molar-refractivity contribution in [2.24, 2.45) is 0 Å². The van der Waals surface area contributed by atoms with Crippen LogP contribution in [0.25, 0.3) is 0 Å². The Bertz CT molecular complexity index is 265. The lowest BCUT2D eigenvalue weighted by atomic mass is 10.5. The van der Waals surface area contributed by atoms with Crippen LogP contribution in [0.4, 0.5) is 0 Å². The van der Waals surface area contributed by atoms with Crippen LogP contribution in [-0.2, 0) is 0 Å². The molecule has 0 radical (unpaired) electrons. The fourth-order valence-electron chi connectivity index (χ4n) is 0.542. The molecule has 0 aromatic carbocycles. The molecule has 0 aliphatic heterocycles. The van der Waals surface area contributed by atoms with E-state index >= 15 is 0 Å². The van der Waals surface area contributed by atoms with E-state index in [1.165, 1.54) is 0 Å². The molecule has 4 nitrogen and oxygen atoms in total. The molecule has 0 N–H and O–H groups in total. The summed E-state index contributed by atoms with van der Waals surface area (Å²) in [6.45, 7) is 2.58. The molecule has 11 heavy (non-hydrogen) atoms. The van der Waals surface area contributed by atoms with E-state index in [9.17, 15) is 0 Å². The molecule has 0 fully saturated rings. The first kappa shape index (κ1) is 7.95. The summed E-state index contributed by atoms with van der Waals surface area (Å²) in [6.07, 6.45) is 0.905. The van der Waals surface area contributed by atoms with E-state index in [0.717, 1.165) is 18.1 Å². The van der Waals surface area contributed by atoms with Gasteiger partial charge in [0.2, 0.25) is 5.69 Å². The lowest BCUT2D eigenvalue weighted by Crippen LogP contribution is -1.96. The molecule has 0 atom stereocenters. The predicted molar refractivity (Wildman–Crippen MR) is 40.4 cm³/mol. The second-order valence-electron chi connectivity index (χ2n) is 1.88. The third kappa shape index (κ3) is 1.88. The number of ether oxygens (including phenoxy) is 1. The maximum atomic E-state index is 8.48. The van der Waals surface area contributed by atoms with Gasteiger partial charge in [-0.1, -0.05) is 6.92 Å². The molecule has 0 saturated carbocycles. The van der Waals surface area contributed by atoms with Crippen molar-refractivity contribution >= 4 is 11.7 Å². The highest BCUT2D eigenvalue weighted by atomic mass is 32.1. The minimum absolute atomic E-state index is 0.281. The summed E-state index contributed by atoms with van der Waals surface area (Å²) in [5.41, 5.74) is 0.281. The molecule has 0 bridgehead atoms. The summed E-state index contributed by atoms with van der Waals surface area (Å²) in [5, 5.41) is 8.48. The summed E-state index contributed by atoms with van der Waals surface area (Å²) < 4.78 is 12.7. The number of hydrogen-bond acceptors (Lipinski definition) is 5. The van der Waals surface area contributed by atoms with Crippen molar-refractivity contribution in [3.8, 4) is 11.9 Å². The summed E-state index contributed by atoms with van der Waals surface area (Å²) in [4.78, 5) is 0. The minimum atomic E-state index is 0.281. The highest BCUT2D eigenvalue weighted by Crippen LogP contribution is 2.13. The van der Waals surface area contributed by atoms with E-state index in [1.54, 1.807) is 0 Å². The van der Waals surface area contributed by atoms with Gasteiger partial charge in [-0.2, -0.15) is 9.64 Å². The summed E-state index contributed by atoms with van der Waals surface area (Å²) in [7, 11) is 0. The summed E-state index contributed by atoms with van der Waals surface area (Å²) in [5.74, 6) is 0.361. The number of nitriles is 1. The number of aromatic nitrogens is 2. The third-order valence-electron chi connectivity index (χ3n) is 1.01. The van der Waals surface area contributed by atoms with Crippen LogP contribution in [0.15, 0.2) is 0 Å². The zero-order chi connectivity index (χ0) is 8.10. The normalized spacial score (nSPS) is 9.09. The number of hydrogen-bond donors (Lipinski definition) is 0. The molecule has 0 aliphatic carbocycles. The van der Waals surface area contributed by atoms with Gasteiger partial charge in [0.05, 0.1) is 18.3 Å². The van der Waals surface area contributed by atoms with Crippen LogP contribution in [0.5, 0.6) is 5.88 Å². The van der Waals surface area contributed by atoms with E-state index in [1.807, 2.05) is 13.0 Å². The van der Waals surface area contributed by atoms with E-state index in [0.29, 0.717) is 12.5 Å². The SMILES string of the molecule is CCCOc1nsnc1C#N. The van der Waals surface area contributed by atoms with E-state index < -0.39 is 0 Å². The topological polar surface area (TPSA) is 58.8 Å². The smallest absolute Gasteiger partial charge is 0.264 e. The van der Waals surface area contributed by atoms with Crippen LogP contribution in [0.2, 0.25) is 0 Å². The molecular formula is C6H7N3OS. The lowest BCUT2D eigenvalue weighted by Gasteiger charge is -1.96. The van der Waals surface area contributed by atoms with Crippen molar-refractivity contribution in [2.45, 2.75) is 13.3 Å². The van der Waals surface area contributed by atoms with Gasteiger partial charge in [0.15, 0.2) is 0 Å². The van der Waals surface area contributed by atoms with Gasteiger partial charge in [-0.05, 0) is 6.42 Å². The van der Waals surface area contributed by atoms with Gasteiger partial charge >= 0.3 is 0 Å². The third-order valence-corrected chi connectivity index (χ3v) is 1.52. The van der Waals surface area contributed by atoms with Crippen molar-refractivity contribution < 1.29 is 4.74 Å². The Morgan fingerprint density at radius 3 is 3.09 bits per heavy atom. The van der Waals surface area contributed by atoms with Gasteiger partial charge in [0, 0.05) is 0 Å². The Morgan fingerprint density at radius 1 is 1.64 bits per heavy atom. The van der Waals surface area contributed by atoms with Crippen LogP contribution in [-0.4, -0.2) is 15.4 Å². The molecule has 0 saturated heterocycles. The van der Waals surface area contributed by atoms with Crippen molar-refractivity contribution in [3.63, 3.8) is 0 Å². The van der Waals surface area contributed by atoms with E-state index in [-0.39, 0.29) is 5.69 Å². The summed E-state index contributed by atoms with van der Waals surface area (Å²) in [6, 6.07) is 1.90. The highest BCUT2D eigenvalue weighted by molar-refractivity contribution is 6.99. The van der Waals surface area contributed by atoms with E-state index in [2.05, 4.69) is 8.75 Å². The van der Waals surface area contributed by atoms with Gasteiger partial charge in [-0.15, -0.1) is 4.37 Å². The van der Waals surface area contributed by atoms with Crippen molar-refractivity contribution in [3.05, 3.63) is 5.69 Å².